The van der Waals surface area contributed by atoms with Crippen LogP contribution >= 0.6 is 0 Å². The van der Waals surface area contributed by atoms with Crippen LogP contribution in [-0.4, -0.2) is 31.0 Å². The number of rotatable bonds is 4. The van der Waals surface area contributed by atoms with Gasteiger partial charge in [-0.25, -0.2) is 0 Å². The molecule has 0 fully saturated rings. The molecule has 0 aromatic heterocycles. The minimum absolute atomic E-state index is 0.807. The van der Waals surface area contributed by atoms with Crippen molar-refractivity contribution >= 4 is 5.96 Å². The third kappa shape index (κ3) is 3.93. The molecule has 0 aliphatic carbocycles. The lowest BCUT2D eigenvalue weighted by Gasteiger charge is -2.21. The van der Waals surface area contributed by atoms with Gasteiger partial charge in [-0.1, -0.05) is 30.3 Å². The predicted octanol–water partition coefficient (Wildman–Crippen LogP) is 2.10. The van der Waals surface area contributed by atoms with E-state index in [-0.39, 0.29) is 0 Å². The standard InChI is InChI=1S/C13H21N3/c1-4-14-13(15-5-2)16(3)11-12-9-7-6-8-10-12/h6-10H,4-5,11H2,1-3H3,(H,14,15). The summed E-state index contributed by atoms with van der Waals surface area (Å²) < 4.78 is 0. The molecule has 0 saturated heterocycles. The summed E-state index contributed by atoms with van der Waals surface area (Å²) in [7, 11) is 2.06. The van der Waals surface area contributed by atoms with E-state index < -0.39 is 0 Å². The SMILES string of the molecule is CCN=C(NCC)N(C)Cc1ccccc1. The van der Waals surface area contributed by atoms with E-state index in [0.29, 0.717) is 0 Å². The number of hydrogen-bond acceptors (Lipinski definition) is 1. The number of aliphatic imine (C=N–C) groups is 1. The Morgan fingerprint density at radius 3 is 2.50 bits per heavy atom. The van der Waals surface area contributed by atoms with Crippen LogP contribution in [0.2, 0.25) is 0 Å². The van der Waals surface area contributed by atoms with Gasteiger partial charge in [-0.15, -0.1) is 0 Å². The number of guanidine groups is 1. The zero-order valence-electron chi connectivity index (χ0n) is 10.4. The van der Waals surface area contributed by atoms with Crippen LogP contribution in [0.4, 0.5) is 0 Å². The fraction of sp³-hybridized carbons (Fsp3) is 0.462. The molecule has 0 bridgehead atoms. The zero-order chi connectivity index (χ0) is 11.8. The summed E-state index contributed by atoms with van der Waals surface area (Å²) in [5.74, 6) is 0.967. The summed E-state index contributed by atoms with van der Waals surface area (Å²) in [6.45, 7) is 6.72. The van der Waals surface area contributed by atoms with Gasteiger partial charge in [0.1, 0.15) is 0 Å². The minimum Gasteiger partial charge on any atom is -0.357 e. The first-order valence-electron chi connectivity index (χ1n) is 5.81. The lowest BCUT2D eigenvalue weighted by atomic mass is 10.2. The highest BCUT2D eigenvalue weighted by molar-refractivity contribution is 5.79. The largest absolute Gasteiger partial charge is 0.357 e. The maximum Gasteiger partial charge on any atom is 0.193 e. The van der Waals surface area contributed by atoms with Gasteiger partial charge < -0.3 is 10.2 Å². The lowest BCUT2D eigenvalue weighted by Crippen LogP contribution is -2.38. The van der Waals surface area contributed by atoms with Crippen molar-refractivity contribution in [2.75, 3.05) is 20.1 Å². The van der Waals surface area contributed by atoms with Gasteiger partial charge in [0.2, 0.25) is 0 Å². The Morgan fingerprint density at radius 2 is 1.94 bits per heavy atom. The molecule has 0 aliphatic rings. The Labute approximate surface area is 98.2 Å². The molecule has 0 radical (unpaired) electrons. The van der Waals surface area contributed by atoms with Crippen LogP contribution in [-0.2, 0) is 6.54 Å². The first kappa shape index (κ1) is 12.6. The third-order valence-electron chi connectivity index (χ3n) is 2.27. The molecular weight excluding hydrogens is 198 g/mol. The van der Waals surface area contributed by atoms with E-state index in [9.17, 15) is 0 Å². The van der Waals surface area contributed by atoms with Gasteiger partial charge in [-0.05, 0) is 19.4 Å². The molecule has 0 spiro atoms. The highest BCUT2D eigenvalue weighted by atomic mass is 15.3. The van der Waals surface area contributed by atoms with E-state index in [1.807, 2.05) is 13.0 Å². The highest BCUT2D eigenvalue weighted by Gasteiger charge is 2.04. The van der Waals surface area contributed by atoms with Gasteiger partial charge in [0, 0.05) is 26.7 Å². The molecular formula is C13H21N3. The van der Waals surface area contributed by atoms with Gasteiger partial charge >= 0.3 is 0 Å². The quantitative estimate of drug-likeness (QED) is 0.620. The highest BCUT2D eigenvalue weighted by Crippen LogP contribution is 2.02. The molecule has 88 valence electrons. The summed E-state index contributed by atoms with van der Waals surface area (Å²) in [6.07, 6.45) is 0. The van der Waals surface area contributed by atoms with Crippen molar-refractivity contribution in [1.82, 2.24) is 10.2 Å². The molecule has 0 unspecified atom stereocenters. The first-order chi connectivity index (χ1) is 7.77. The average Bonchev–Trinajstić information content (AvgIpc) is 2.30. The van der Waals surface area contributed by atoms with Crippen molar-refractivity contribution in [1.29, 1.82) is 0 Å². The maximum absolute atomic E-state index is 4.44. The molecule has 0 saturated carbocycles. The van der Waals surface area contributed by atoms with Gasteiger partial charge in [0.25, 0.3) is 0 Å². The van der Waals surface area contributed by atoms with E-state index in [4.69, 9.17) is 0 Å². The van der Waals surface area contributed by atoms with E-state index in [0.717, 1.165) is 25.6 Å². The van der Waals surface area contributed by atoms with E-state index in [1.54, 1.807) is 0 Å². The van der Waals surface area contributed by atoms with Crippen LogP contribution in [0.1, 0.15) is 19.4 Å². The maximum atomic E-state index is 4.44. The number of hydrogen-bond donors (Lipinski definition) is 1. The molecule has 1 aromatic carbocycles. The van der Waals surface area contributed by atoms with Gasteiger partial charge in [-0.3, -0.25) is 4.99 Å². The van der Waals surface area contributed by atoms with Gasteiger partial charge in [0.15, 0.2) is 5.96 Å². The van der Waals surface area contributed by atoms with Crippen molar-refractivity contribution in [3.05, 3.63) is 35.9 Å². The monoisotopic (exact) mass is 219 g/mol. The van der Waals surface area contributed by atoms with Crippen molar-refractivity contribution in [3.63, 3.8) is 0 Å². The molecule has 0 atom stereocenters. The van der Waals surface area contributed by atoms with Crippen LogP contribution in [0, 0.1) is 0 Å². The predicted molar refractivity (Wildman–Crippen MR) is 69.6 cm³/mol. The van der Waals surface area contributed by atoms with Crippen LogP contribution in [0.25, 0.3) is 0 Å². The summed E-state index contributed by atoms with van der Waals surface area (Å²) in [6, 6.07) is 10.4. The first-order valence-corrected chi connectivity index (χ1v) is 5.81. The topological polar surface area (TPSA) is 27.6 Å². The number of nitrogens with zero attached hydrogens (tertiary/aromatic N) is 2. The fourth-order valence-corrected chi connectivity index (χ4v) is 1.55. The molecule has 0 amide bonds. The Kier molecular flexibility index (Phi) is 5.40. The summed E-state index contributed by atoms with van der Waals surface area (Å²) in [5.41, 5.74) is 1.30. The Bertz CT molecular complexity index is 319. The molecule has 3 heteroatoms. The van der Waals surface area contributed by atoms with Crippen LogP contribution in [0.5, 0.6) is 0 Å². The van der Waals surface area contributed by atoms with Crippen LogP contribution in [0.3, 0.4) is 0 Å². The molecule has 1 rings (SSSR count). The van der Waals surface area contributed by atoms with Gasteiger partial charge in [0.05, 0.1) is 0 Å². The molecule has 0 heterocycles. The second-order valence-electron chi connectivity index (χ2n) is 3.67. The van der Waals surface area contributed by atoms with Crippen molar-refractivity contribution in [2.45, 2.75) is 20.4 Å². The fourth-order valence-electron chi connectivity index (χ4n) is 1.55. The second-order valence-corrected chi connectivity index (χ2v) is 3.67. The van der Waals surface area contributed by atoms with Gasteiger partial charge in [-0.2, -0.15) is 0 Å². The molecule has 1 aromatic rings. The van der Waals surface area contributed by atoms with Crippen molar-refractivity contribution in [3.8, 4) is 0 Å². The number of benzene rings is 1. The summed E-state index contributed by atoms with van der Waals surface area (Å²) >= 11 is 0. The van der Waals surface area contributed by atoms with Crippen LogP contribution in [0.15, 0.2) is 35.3 Å². The normalized spacial score (nSPS) is 11.3. The zero-order valence-corrected chi connectivity index (χ0v) is 10.4. The van der Waals surface area contributed by atoms with Crippen molar-refractivity contribution < 1.29 is 0 Å². The smallest absolute Gasteiger partial charge is 0.193 e. The van der Waals surface area contributed by atoms with Crippen molar-refractivity contribution in [2.24, 2.45) is 4.99 Å². The van der Waals surface area contributed by atoms with E-state index in [2.05, 4.69) is 53.4 Å². The van der Waals surface area contributed by atoms with E-state index in [1.165, 1.54) is 5.56 Å². The minimum atomic E-state index is 0.807. The molecule has 1 N–H and O–H groups in total. The Balaban J connectivity index is 2.62. The lowest BCUT2D eigenvalue weighted by molar-refractivity contribution is 0.477. The van der Waals surface area contributed by atoms with E-state index >= 15 is 0 Å². The molecule has 16 heavy (non-hydrogen) atoms. The number of nitrogens with one attached hydrogen (secondary N) is 1. The summed E-state index contributed by atoms with van der Waals surface area (Å²) in [5, 5.41) is 3.28. The third-order valence-corrected chi connectivity index (χ3v) is 2.27. The molecule has 3 nitrogen and oxygen atoms in total. The van der Waals surface area contributed by atoms with Crippen LogP contribution < -0.4 is 5.32 Å². The second kappa shape index (κ2) is 6.88. The summed E-state index contributed by atoms with van der Waals surface area (Å²) in [4.78, 5) is 6.58. The average molecular weight is 219 g/mol. The Morgan fingerprint density at radius 1 is 1.25 bits per heavy atom. The molecule has 0 aliphatic heterocycles. The Hall–Kier alpha value is -1.51.